The Labute approximate surface area is 173 Å². The SMILES string of the molecule is COc1ccc(Cn2cnc3c(N(C)c4ccc(OC)cc4)nc(Cl)nc32)cc1. The molecule has 8 heteroatoms. The molecule has 2 aromatic carbocycles. The molecule has 0 unspecified atom stereocenters. The molecule has 0 amide bonds. The summed E-state index contributed by atoms with van der Waals surface area (Å²) in [6.07, 6.45) is 1.76. The van der Waals surface area contributed by atoms with Gasteiger partial charge in [0.2, 0.25) is 5.28 Å². The molecule has 0 saturated heterocycles. The maximum Gasteiger partial charge on any atom is 0.226 e. The summed E-state index contributed by atoms with van der Waals surface area (Å²) in [5.74, 6) is 2.24. The van der Waals surface area contributed by atoms with E-state index in [9.17, 15) is 0 Å². The number of nitrogens with zero attached hydrogens (tertiary/aromatic N) is 5. The van der Waals surface area contributed by atoms with Gasteiger partial charge in [-0.3, -0.25) is 0 Å². The fourth-order valence-corrected chi connectivity index (χ4v) is 3.27. The first-order valence-corrected chi connectivity index (χ1v) is 9.36. The van der Waals surface area contributed by atoms with Crippen molar-refractivity contribution in [2.75, 3.05) is 26.2 Å². The van der Waals surface area contributed by atoms with E-state index >= 15 is 0 Å². The van der Waals surface area contributed by atoms with Crippen LogP contribution in [0.3, 0.4) is 0 Å². The molecule has 0 spiro atoms. The number of imidazole rings is 1. The van der Waals surface area contributed by atoms with E-state index in [1.54, 1.807) is 20.5 Å². The monoisotopic (exact) mass is 409 g/mol. The smallest absolute Gasteiger partial charge is 0.226 e. The fraction of sp³-hybridized carbons (Fsp3) is 0.190. The maximum absolute atomic E-state index is 6.25. The van der Waals surface area contributed by atoms with Gasteiger partial charge in [0.15, 0.2) is 17.0 Å². The number of hydrogen-bond donors (Lipinski definition) is 0. The first-order valence-electron chi connectivity index (χ1n) is 8.98. The van der Waals surface area contributed by atoms with Crippen LogP contribution in [0.2, 0.25) is 5.28 Å². The third kappa shape index (κ3) is 3.82. The van der Waals surface area contributed by atoms with Gasteiger partial charge in [0.05, 0.1) is 27.1 Å². The standard InChI is InChI=1S/C21H20ClN5O2/c1-26(15-6-10-17(29-3)11-7-15)19-18-20(25-21(22)24-19)27(13-23-18)12-14-4-8-16(28-2)9-5-14/h4-11,13H,12H2,1-3H3. The molecule has 0 bridgehead atoms. The van der Waals surface area contributed by atoms with Crippen molar-refractivity contribution in [3.8, 4) is 11.5 Å². The molecule has 2 heterocycles. The van der Waals surface area contributed by atoms with Crippen molar-refractivity contribution in [1.82, 2.24) is 19.5 Å². The van der Waals surface area contributed by atoms with Crippen LogP contribution in [0.1, 0.15) is 5.56 Å². The van der Waals surface area contributed by atoms with E-state index in [2.05, 4.69) is 15.0 Å². The number of benzene rings is 2. The van der Waals surface area contributed by atoms with Gasteiger partial charge in [-0.1, -0.05) is 12.1 Å². The molecule has 0 aliphatic heterocycles. The Balaban J connectivity index is 1.70. The van der Waals surface area contributed by atoms with Crippen molar-refractivity contribution in [3.63, 3.8) is 0 Å². The summed E-state index contributed by atoms with van der Waals surface area (Å²) in [6.45, 7) is 0.611. The molecule has 0 saturated carbocycles. The predicted molar refractivity (Wildman–Crippen MR) is 113 cm³/mol. The molecule has 0 atom stereocenters. The molecule has 148 valence electrons. The average Bonchev–Trinajstić information content (AvgIpc) is 3.15. The minimum atomic E-state index is 0.171. The number of ether oxygens (including phenoxy) is 2. The highest BCUT2D eigenvalue weighted by Crippen LogP contribution is 2.30. The van der Waals surface area contributed by atoms with E-state index in [0.717, 1.165) is 22.7 Å². The number of fused-ring (bicyclic) bond motifs is 1. The minimum Gasteiger partial charge on any atom is -0.497 e. The molecule has 0 aliphatic rings. The summed E-state index contributed by atoms with van der Waals surface area (Å²) in [5.41, 5.74) is 3.40. The lowest BCUT2D eigenvalue weighted by Gasteiger charge is -2.19. The van der Waals surface area contributed by atoms with E-state index < -0.39 is 0 Å². The van der Waals surface area contributed by atoms with Crippen molar-refractivity contribution >= 4 is 34.3 Å². The highest BCUT2D eigenvalue weighted by atomic mass is 35.5. The van der Waals surface area contributed by atoms with Gasteiger partial charge in [0.1, 0.15) is 11.5 Å². The highest BCUT2D eigenvalue weighted by Gasteiger charge is 2.17. The summed E-state index contributed by atoms with van der Waals surface area (Å²) in [4.78, 5) is 15.3. The van der Waals surface area contributed by atoms with Crippen LogP contribution in [0.4, 0.5) is 11.5 Å². The average molecular weight is 410 g/mol. The second-order valence-corrected chi connectivity index (χ2v) is 6.80. The van der Waals surface area contributed by atoms with E-state index in [1.807, 2.05) is 65.0 Å². The maximum atomic E-state index is 6.25. The largest absolute Gasteiger partial charge is 0.497 e. The highest BCUT2D eigenvalue weighted by molar-refractivity contribution is 6.28. The normalized spacial score (nSPS) is 10.9. The van der Waals surface area contributed by atoms with Gasteiger partial charge in [-0.05, 0) is 53.6 Å². The first kappa shape index (κ1) is 19.0. The Morgan fingerprint density at radius 3 is 2.17 bits per heavy atom. The summed E-state index contributed by atoms with van der Waals surface area (Å²) in [5, 5.41) is 0.171. The molecule has 4 rings (SSSR count). The molecular weight excluding hydrogens is 390 g/mol. The Morgan fingerprint density at radius 2 is 1.55 bits per heavy atom. The summed E-state index contributed by atoms with van der Waals surface area (Å²) < 4.78 is 12.4. The second kappa shape index (κ2) is 7.97. The van der Waals surface area contributed by atoms with Crippen LogP contribution in [-0.4, -0.2) is 40.8 Å². The third-order valence-corrected chi connectivity index (χ3v) is 4.88. The Hall–Kier alpha value is -3.32. The van der Waals surface area contributed by atoms with Crippen LogP contribution < -0.4 is 14.4 Å². The number of methoxy groups -OCH3 is 2. The molecule has 4 aromatic rings. The number of aromatic nitrogens is 4. The molecule has 0 fully saturated rings. The fourth-order valence-electron chi connectivity index (χ4n) is 3.11. The summed E-state index contributed by atoms with van der Waals surface area (Å²) in [7, 11) is 5.21. The molecule has 0 radical (unpaired) electrons. The lowest BCUT2D eigenvalue weighted by molar-refractivity contribution is 0.414. The quantitative estimate of drug-likeness (QED) is 0.442. The number of anilines is 2. The van der Waals surface area contributed by atoms with Crippen LogP contribution in [0.15, 0.2) is 54.9 Å². The first-order chi connectivity index (χ1) is 14.1. The van der Waals surface area contributed by atoms with Crippen molar-refractivity contribution in [3.05, 3.63) is 65.7 Å². The number of rotatable bonds is 6. The predicted octanol–water partition coefficient (Wildman–Crippen LogP) is 4.31. The van der Waals surface area contributed by atoms with Gasteiger partial charge in [-0.2, -0.15) is 9.97 Å². The lowest BCUT2D eigenvalue weighted by atomic mass is 10.2. The van der Waals surface area contributed by atoms with Gasteiger partial charge in [-0.25, -0.2) is 4.98 Å². The van der Waals surface area contributed by atoms with Crippen LogP contribution in [-0.2, 0) is 6.54 Å². The van der Waals surface area contributed by atoms with E-state index in [0.29, 0.717) is 23.5 Å². The van der Waals surface area contributed by atoms with E-state index in [-0.39, 0.29) is 5.28 Å². The third-order valence-electron chi connectivity index (χ3n) is 4.71. The summed E-state index contributed by atoms with van der Waals surface area (Å²) >= 11 is 6.25. The molecule has 0 aliphatic carbocycles. The van der Waals surface area contributed by atoms with Crippen molar-refractivity contribution in [1.29, 1.82) is 0 Å². The Bertz CT molecular complexity index is 1130. The molecule has 29 heavy (non-hydrogen) atoms. The van der Waals surface area contributed by atoms with Crippen LogP contribution in [0.5, 0.6) is 11.5 Å². The van der Waals surface area contributed by atoms with Crippen molar-refractivity contribution in [2.45, 2.75) is 6.54 Å². The Morgan fingerprint density at radius 1 is 0.931 bits per heavy atom. The van der Waals surface area contributed by atoms with E-state index in [4.69, 9.17) is 21.1 Å². The van der Waals surface area contributed by atoms with Gasteiger partial charge in [0, 0.05) is 12.7 Å². The van der Waals surface area contributed by atoms with Crippen LogP contribution in [0.25, 0.3) is 11.2 Å². The zero-order valence-electron chi connectivity index (χ0n) is 16.3. The second-order valence-electron chi connectivity index (χ2n) is 6.47. The van der Waals surface area contributed by atoms with Crippen LogP contribution >= 0.6 is 11.6 Å². The molecular formula is C21H20ClN5O2. The van der Waals surface area contributed by atoms with Gasteiger partial charge in [0.25, 0.3) is 0 Å². The zero-order valence-corrected chi connectivity index (χ0v) is 17.1. The van der Waals surface area contributed by atoms with Gasteiger partial charge in [-0.15, -0.1) is 0 Å². The molecule has 7 nitrogen and oxygen atoms in total. The van der Waals surface area contributed by atoms with Crippen molar-refractivity contribution < 1.29 is 9.47 Å². The zero-order chi connectivity index (χ0) is 20.4. The lowest BCUT2D eigenvalue weighted by Crippen LogP contribution is -2.12. The molecule has 2 aromatic heterocycles. The summed E-state index contributed by atoms with van der Waals surface area (Å²) in [6, 6.07) is 15.6. The van der Waals surface area contributed by atoms with Gasteiger partial charge >= 0.3 is 0 Å². The van der Waals surface area contributed by atoms with Gasteiger partial charge < -0.3 is 18.9 Å². The number of hydrogen-bond acceptors (Lipinski definition) is 6. The minimum absolute atomic E-state index is 0.171. The number of halogens is 1. The van der Waals surface area contributed by atoms with Crippen molar-refractivity contribution in [2.24, 2.45) is 0 Å². The molecule has 0 N–H and O–H groups in total. The Kier molecular flexibility index (Phi) is 5.22. The topological polar surface area (TPSA) is 65.3 Å². The van der Waals surface area contributed by atoms with Crippen LogP contribution in [0, 0.1) is 0 Å². The van der Waals surface area contributed by atoms with E-state index in [1.165, 1.54) is 0 Å².